The van der Waals surface area contributed by atoms with Crippen LogP contribution in [0.3, 0.4) is 0 Å². The molecule has 0 aliphatic heterocycles. The second-order valence-electron chi connectivity index (χ2n) is 13.3. The number of halogens is 1. The monoisotopic (exact) mass is 556 g/mol. The van der Waals surface area contributed by atoms with Crippen molar-refractivity contribution in [2.24, 2.45) is 52.3 Å². The van der Waals surface area contributed by atoms with Gasteiger partial charge in [-0.05, 0) is 104 Å². The van der Waals surface area contributed by atoms with Crippen molar-refractivity contribution < 1.29 is 9.53 Å². The molecule has 184 valence electrons. The number of esters is 1. The number of carbonyl (C=O) groups is 1. The van der Waals surface area contributed by atoms with Gasteiger partial charge in [-0.25, -0.2) is 0 Å². The summed E-state index contributed by atoms with van der Waals surface area (Å²) < 4.78 is 6.35. The molecule has 4 aliphatic carbocycles. The number of hydrogen-bond donors (Lipinski definition) is 0. The van der Waals surface area contributed by atoms with Gasteiger partial charge in [0, 0.05) is 10.8 Å². The molecule has 2 nitrogen and oxygen atoms in total. The lowest BCUT2D eigenvalue weighted by molar-refractivity contribution is -0.161. The number of ether oxygens (including phenoxy) is 1. The highest BCUT2D eigenvalue weighted by Gasteiger charge is 2.61. The topological polar surface area (TPSA) is 26.3 Å². The van der Waals surface area contributed by atoms with Crippen molar-refractivity contribution in [3.8, 4) is 0 Å². The van der Waals surface area contributed by atoms with E-state index in [0.29, 0.717) is 14.8 Å². The van der Waals surface area contributed by atoms with Crippen LogP contribution in [0.25, 0.3) is 0 Å². The van der Waals surface area contributed by atoms with Crippen molar-refractivity contribution in [1.82, 2.24) is 0 Å². The maximum atomic E-state index is 11.8. The van der Waals surface area contributed by atoms with Crippen molar-refractivity contribution in [1.29, 1.82) is 0 Å². The van der Waals surface area contributed by atoms with Gasteiger partial charge in [0.15, 0.2) is 0 Å². The summed E-state index contributed by atoms with van der Waals surface area (Å²) in [4.78, 5) is 11.8. The van der Waals surface area contributed by atoms with E-state index in [-0.39, 0.29) is 12.1 Å². The minimum absolute atomic E-state index is 0.0904. The van der Waals surface area contributed by atoms with E-state index < -0.39 is 0 Å². The summed E-state index contributed by atoms with van der Waals surface area (Å²) in [5.74, 6) is 6.08. The first-order chi connectivity index (χ1) is 15.1. The van der Waals surface area contributed by atoms with E-state index in [0.717, 1.165) is 47.8 Å². The lowest BCUT2D eigenvalue weighted by atomic mass is 9.44. The third-order valence-electron chi connectivity index (χ3n) is 11.1. The number of fused-ring (bicyclic) bond motifs is 5. The Kier molecular flexibility index (Phi) is 7.66. The average molecular weight is 557 g/mol. The Bertz CT molecular complexity index is 676. The van der Waals surface area contributed by atoms with Gasteiger partial charge in [-0.2, -0.15) is 0 Å². The van der Waals surface area contributed by atoms with Gasteiger partial charge in [-0.3, -0.25) is 4.79 Å². The highest BCUT2D eigenvalue weighted by molar-refractivity contribution is 14.1. The van der Waals surface area contributed by atoms with E-state index in [9.17, 15) is 4.79 Å². The van der Waals surface area contributed by atoms with Crippen LogP contribution >= 0.6 is 22.6 Å². The van der Waals surface area contributed by atoms with Crippen molar-refractivity contribution >= 4 is 28.6 Å². The molecule has 0 unspecified atom stereocenters. The molecule has 4 saturated carbocycles. The van der Waals surface area contributed by atoms with Crippen LogP contribution in [0.5, 0.6) is 0 Å². The molecule has 0 radical (unpaired) electrons. The smallest absolute Gasteiger partial charge is 0.302 e. The maximum absolute atomic E-state index is 11.8. The third kappa shape index (κ3) is 4.55. The Morgan fingerprint density at radius 1 is 1.00 bits per heavy atom. The molecule has 0 aromatic heterocycles. The van der Waals surface area contributed by atoms with Gasteiger partial charge in [0.1, 0.15) is 6.10 Å². The molecule has 0 saturated heterocycles. The summed E-state index contributed by atoms with van der Waals surface area (Å²) in [5, 5.41) is 0. The SMILES string of the molecule is CC(=O)O[C@@H]1C[C@@]2(C)[C@@H](CC[C@H]3[C@H]2CC[C@]2(C)[C@@H]3CC[C@H]2[C@H](C)CCCC(C)C)C[C@@H]1I. The predicted molar refractivity (Wildman–Crippen MR) is 142 cm³/mol. The minimum Gasteiger partial charge on any atom is -0.461 e. The zero-order chi connectivity index (χ0) is 23.3. The van der Waals surface area contributed by atoms with Gasteiger partial charge >= 0.3 is 5.97 Å². The van der Waals surface area contributed by atoms with E-state index in [1.807, 2.05) is 0 Å². The van der Waals surface area contributed by atoms with Gasteiger partial charge < -0.3 is 4.74 Å². The van der Waals surface area contributed by atoms with Crippen molar-refractivity contribution in [2.45, 2.75) is 122 Å². The van der Waals surface area contributed by atoms with Crippen LogP contribution in [0, 0.1) is 52.3 Å². The van der Waals surface area contributed by atoms with E-state index in [4.69, 9.17) is 4.74 Å². The summed E-state index contributed by atoms with van der Waals surface area (Å²) in [6.45, 7) is 14.2. The number of rotatable bonds is 6. The molecule has 3 heteroatoms. The molecular weight excluding hydrogens is 507 g/mol. The van der Waals surface area contributed by atoms with Crippen LogP contribution in [0.1, 0.15) is 112 Å². The largest absolute Gasteiger partial charge is 0.461 e. The fourth-order valence-electron chi connectivity index (χ4n) is 9.58. The zero-order valence-corrected chi connectivity index (χ0v) is 23.8. The quantitative estimate of drug-likeness (QED) is 0.186. The first-order valence-corrected chi connectivity index (χ1v) is 15.1. The van der Waals surface area contributed by atoms with Crippen molar-refractivity contribution in [3.63, 3.8) is 0 Å². The summed E-state index contributed by atoms with van der Waals surface area (Å²) in [6.07, 6.45) is 15.4. The third-order valence-corrected chi connectivity index (χ3v) is 12.4. The van der Waals surface area contributed by atoms with Gasteiger partial charge in [0.25, 0.3) is 0 Å². The standard InChI is InChI=1S/C29H49IO2/c1-18(2)8-7-9-19(3)23-12-13-24-22-11-10-21-16-26(30)27(32-20(4)31)17-29(21,6)25(22)14-15-28(23,24)5/h18-19,21-27H,7-17H2,1-6H3/t19-,21+,22-,23+,24-,25-,26+,27-,28+,29+/m1/s1. The molecule has 4 fully saturated rings. The molecule has 32 heavy (non-hydrogen) atoms. The Hall–Kier alpha value is 0.200. The fourth-order valence-corrected chi connectivity index (χ4v) is 10.6. The summed E-state index contributed by atoms with van der Waals surface area (Å²) >= 11 is 2.57. The van der Waals surface area contributed by atoms with Crippen LogP contribution in [-0.2, 0) is 9.53 Å². The molecule has 0 spiro atoms. The second-order valence-corrected chi connectivity index (χ2v) is 14.9. The molecular formula is C29H49IO2. The van der Waals surface area contributed by atoms with Gasteiger partial charge in [-0.1, -0.05) is 76.5 Å². The predicted octanol–water partition coefficient (Wildman–Crippen LogP) is 8.45. The second kappa shape index (κ2) is 9.69. The molecule has 4 rings (SSSR count). The lowest BCUT2D eigenvalue weighted by Gasteiger charge is -2.62. The Morgan fingerprint density at radius 2 is 1.72 bits per heavy atom. The van der Waals surface area contributed by atoms with Crippen LogP contribution in [0.15, 0.2) is 0 Å². The molecule has 4 aliphatic rings. The Morgan fingerprint density at radius 3 is 2.41 bits per heavy atom. The van der Waals surface area contributed by atoms with Crippen LogP contribution in [0.4, 0.5) is 0 Å². The van der Waals surface area contributed by atoms with Crippen molar-refractivity contribution in [2.75, 3.05) is 0 Å². The first kappa shape index (κ1) is 25.3. The number of alkyl halides is 1. The first-order valence-electron chi connectivity index (χ1n) is 13.9. The van der Waals surface area contributed by atoms with E-state index >= 15 is 0 Å². The number of carbonyl (C=O) groups excluding carboxylic acids is 1. The highest BCUT2D eigenvalue weighted by Crippen LogP contribution is 2.68. The molecule has 10 atom stereocenters. The van der Waals surface area contributed by atoms with E-state index in [1.165, 1.54) is 64.2 Å². The van der Waals surface area contributed by atoms with Crippen LogP contribution < -0.4 is 0 Å². The molecule has 0 aromatic rings. The van der Waals surface area contributed by atoms with Gasteiger partial charge in [-0.15, -0.1) is 0 Å². The lowest BCUT2D eigenvalue weighted by Crippen LogP contribution is -2.56. The maximum Gasteiger partial charge on any atom is 0.302 e. The zero-order valence-electron chi connectivity index (χ0n) is 21.7. The Balaban J connectivity index is 1.48. The normalized spacial score (nSPS) is 46.8. The van der Waals surface area contributed by atoms with E-state index in [2.05, 4.69) is 57.2 Å². The highest BCUT2D eigenvalue weighted by atomic mass is 127. The van der Waals surface area contributed by atoms with Crippen LogP contribution in [-0.4, -0.2) is 16.0 Å². The molecule has 0 heterocycles. The fraction of sp³-hybridized carbons (Fsp3) is 0.966. The summed E-state index contributed by atoms with van der Waals surface area (Å²) in [7, 11) is 0. The minimum atomic E-state index is -0.0904. The van der Waals surface area contributed by atoms with Crippen LogP contribution in [0.2, 0.25) is 0 Å². The molecule has 0 aromatic carbocycles. The number of hydrogen-bond acceptors (Lipinski definition) is 2. The molecule has 0 bridgehead atoms. The Labute approximate surface area is 211 Å². The average Bonchev–Trinajstić information content (AvgIpc) is 3.05. The van der Waals surface area contributed by atoms with Crippen molar-refractivity contribution in [3.05, 3.63) is 0 Å². The summed E-state index contributed by atoms with van der Waals surface area (Å²) in [5.41, 5.74) is 0.935. The van der Waals surface area contributed by atoms with E-state index in [1.54, 1.807) is 6.92 Å². The summed E-state index contributed by atoms with van der Waals surface area (Å²) in [6, 6.07) is 0. The van der Waals surface area contributed by atoms with Gasteiger partial charge in [0.05, 0.1) is 0 Å². The van der Waals surface area contributed by atoms with Gasteiger partial charge in [0.2, 0.25) is 0 Å². The molecule has 0 amide bonds. The molecule has 0 N–H and O–H groups in total.